The van der Waals surface area contributed by atoms with E-state index in [0.717, 1.165) is 17.7 Å². The molecule has 0 aliphatic heterocycles. The summed E-state index contributed by atoms with van der Waals surface area (Å²) in [7, 11) is 3.36. The first-order valence-corrected chi connectivity index (χ1v) is 6.13. The van der Waals surface area contributed by atoms with E-state index in [4.69, 9.17) is 9.84 Å². The summed E-state index contributed by atoms with van der Waals surface area (Å²) in [5.74, 6) is 0.720. The van der Waals surface area contributed by atoms with Gasteiger partial charge in [-0.05, 0) is 18.1 Å². The highest BCUT2D eigenvalue weighted by molar-refractivity contribution is 5.76. The third-order valence-electron chi connectivity index (χ3n) is 2.91. The van der Waals surface area contributed by atoms with Crippen molar-refractivity contribution in [1.29, 1.82) is 0 Å². The number of aryl methyl sites for hydroxylation is 1. The van der Waals surface area contributed by atoms with Gasteiger partial charge in [0.25, 0.3) is 0 Å². The Morgan fingerprint density at radius 3 is 2.72 bits per heavy atom. The van der Waals surface area contributed by atoms with E-state index < -0.39 is 0 Å². The van der Waals surface area contributed by atoms with Crippen LogP contribution >= 0.6 is 0 Å². The minimum Gasteiger partial charge on any atom is -0.496 e. The van der Waals surface area contributed by atoms with Gasteiger partial charge in [-0.15, -0.1) is 0 Å². The summed E-state index contributed by atoms with van der Waals surface area (Å²) in [6, 6.07) is 6.01. The van der Waals surface area contributed by atoms with E-state index in [2.05, 4.69) is 13.0 Å². The van der Waals surface area contributed by atoms with Gasteiger partial charge in [-0.1, -0.05) is 19.1 Å². The predicted molar refractivity (Wildman–Crippen MR) is 70.5 cm³/mol. The largest absolute Gasteiger partial charge is 0.496 e. The van der Waals surface area contributed by atoms with E-state index in [9.17, 15) is 4.79 Å². The molecule has 0 unspecified atom stereocenters. The quantitative estimate of drug-likeness (QED) is 0.835. The highest BCUT2D eigenvalue weighted by Crippen LogP contribution is 2.21. The summed E-state index contributed by atoms with van der Waals surface area (Å²) in [5.41, 5.74) is 2.21. The summed E-state index contributed by atoms with van der Waals surface area (Å²) in [6.45, 7) is 2.47. The Balaban J connectivity index is 2.84. The van der Waals surface area contributed by atoms with E-state index in [1.54, 1.807) is 19.1 Å². The molecule has 1 aromatic rings. The van der Waals surface area contributed by atoms with Gasteiger partial charge in [0.05, 0.1) is 13.7 Å². The molecular formula is C14H21NO3. The molecule has 1 amide bonds. The lowest BCUT2D eigenvalue weighted by Gasteiger charge is -2.19. The monoisotopic (exact) mass is 251 g/mol. The van der Waals surface area contributed by atoms with Gasteiger partial charge < -0.3 is 14.7 Å². The van der Waals surface area contributed by atoms with Crippen LogP contribution in [-0.2, 0) is 17.8 Å². The Hall–Kier alpha value is -1.55. The Bertz CT molecular complexity index is 404. The van der Waals surface area contributed by atoms with Gasteiger partial charge in [0.15, 0.2) is 0 Å². The zero-order valence-corrected chi connectivity index (χ0v) is 11.3. The molecule has 1 aromatic carbocycles. The molecule has 0 spiro atoms. The van der Waals surface area contributed by atoms with Crippen LogP contribution in [0.2, 0.25) is 0 Å². The topological polar surface area (TPSA) is 49.8 Å². The lowest BCUT2D eigenvalue weighted by molar-refractivity contribution is -0.131. The van der Waals surface area contributed by atoms with Crippen molar-refractivity contribution < 1.29 is 14.6 Å². The molecule has 0 saturated heterocycles. The molecule has 0 atom stereocenters. The SMILES string of the molecule is CCc1ccc(OC)c(CN(C)C(=O)CCO)c1. The number of carbonyl (C=O) groups excluding carboxylic acids is 1. The minimum atomic E-state index is -0.116. The highest BCUT2D eigenvalue weighted by atomic mass is 16.5. The van der Waals surface area contributed by atoms with Crippen LogP contribution in [0.15, 0.2) is 18.2 Å². The summed E-state index contributed by atoms with van der Waals surface area (Å²) in [5, 5.41) is 8.76. The summed E-state index contributed by atoms with van der Waals surface area (Å²) < 4.78 is 5.30. The second-order valence-electron chi connectivity index (χ2n) is 4.22. The number of aliphatic hydroxyl groups excluding tert-OH is 1. The highest BCUT2D eigenvalue weighted by Gasteiger charge is 2.11. The van der Waals surface area contributed by atoms with E-state index in [0.29, 0.717) is 6.54 Å². The molecule has 0 aromatic heterocycles. The molecule has 1 rings (SSSR count). The van der Waals surface area contributed by atoms with Crippen LogP contribution < -0.4 is 4.74 Å². The van der Waals surface area contributed by atoms with Crippen molar-refractivity contribution in [1.82, 2.24) is 4.90 Å². The fourth-order valence-corrected chi connectivity index (χ4v) is 1.81. The van der Waals surface area contributed by atoms with Crippen molar-refractivity contribution in [2.75, 3.05) is 20.8 Å². The fourth-order valence-electron chi connectivity index (χ4n) is 1.81. The van der Waals surface area contributed by atoms with Crippen molar-refractivity contribution in [3.63, 3.8) is 0 Å². The smallest absolute Gasteiger partial charge is 0.224 e. The number of carbonyl (C=O) groups is 1. The van der Waals surface area contributed by atoms with Crippen molar-refractivity contribution >= 4 is 5.91 Å². The molecule has 18 heavy (non-hydrogen) atoms. The van der Waals surface area contributed by atoms with Gasteiger partial charge in [-0.3, -0.25) is 4.79 Å². The first-order chi connectivity index (χ1) is 8.62. The molecule has 4 nitrogen and oxygen atoms in total. The third-order valence-corrected chi connectivity index (χ3v) is 2.91. The number of hydrogen-bond donors (Lipinski definition) is 1. The molecule has 0 aliphatic rings. The first-order valence-electron chi connectivity index (χ1n) is 6.13. The number of amides is 1. The van der Waals surface area contributed by atoms with Crippen LogP contribution in [0.1, 0.15) is 24.5 Å². The molecule has 0 saturated carbocycles. The van der Waals surface area contributed by atoms with E-state index in [-0.39, 0.29) is 18.9 Å². The molecular weight excluding hydrogens is 230 g/mol. The standard InChI is InChI=1S/C14H21NO3/c1-4-11-5-6-13(18-3)12(9-11)10-15(2)14(17)7-8-16/h5-6,9,16H,4,7-8,10H2,1-3H3. The Morgan fingerprint density at radius 2 is 2.17 bits per heavy atom. The Morgan fingerprint density at radius 1 is 1.44 bits per heavy atom. The van der Waals surface area contributed by atoms with E-state index in [1.165, 1.54) is 5.56 Å². The predicted octanol–water partition coefficient (Wildman–Crippen LogP) is 1.60. The van der Waals surface area contributed by atoms with Crippen molar-refractivity contribution in [2.24, 2.45) is 0 Å². The average Bonchev–Trinajstić information content (AvgIpc) is 2.38. The molecule has 1 N–H and O–H groups in total. The zero-order chi connectivity index (χ0) is 13.5. The van der Waals surface area contributed by atoms with E-state index >= 15 is 0 Å². The normalized spacial score (nSPS) is 10.2. The lowest BCUT2D eigenvalue weighted by Crippen LogP contribution is -2.27. The third kappa shape index (κ3) is 3.74. The second-order valence-corrected chi connectivity index (χ2v) is 4.22. The van der Waals surface area contributed by atoms with Crippen molar-refractivity contribution in [3.05, 3.63) is 29.3 Å². The van der Waals surface area contributed by atoms with E-state index in [1.807, 2.05) is 12.1 Å². The van der Waals surface area contributed by atoms with Gasteiger partial charge in [0.1, 0.15) is 5.75 Å². The van der Waals surface area contributed by atoms with Gasteiger partial charge >= 0.3 is 0 Å². The molecule has 4 heteroatoms. The molecule has 0 bridgehead atoms. The maximum Gasteiger partial charge on any atom is 0.224 e. The lowest BCUT2D eigenvalue weighted by atomic mass is 10.1. The van der Waals surface area contributed by atoms with Crippen LogP contribution in [-0.4, -0.2) is 36.7 Å². The van der Waals surface area contributed by atoms with Crippen LogP contribution in [0.5, 0.6) is 5.75 Å². The second kappa shape index (κ2) is 7.01. The summed E-state index contributed by atoms with van der Waals surface area (Å²) in [4.78, 5) is 13.2. The molecule has 0 radical (unpaired) electrons. The number of aliphatic hydroxyl groups is 1. The van der Waals surface area contributed by atoms with Crippen LogP contribution in [0.25, 0.3) is 0 Å². The van der Waals surface area contributed by atoms with Crippen molar-refractivity contribution in [2.45, 2.75) is 26.3 Å². The van der Waals surface area contributed by atoms with Gasteiger partial charge in [-0.2, -0.15) is 0 Å². The molecule has 100 valence electrons. The Kier molecular flexibility index (Phi) is 5.65. The maximum atomic E-state index is 11.6. The van der Waals surface area contributed by atoms with Gasteiger partial charge in [-0.25, -0.2) is 0 Å². The maximum absolute atomic E-state index is 11.6. The van der Waals surface area contributed by atoms with Crippen molar-refractivity contribution in [3.8, 4) is 5.75 Å². The number of ether oxygens (including phenoxy) is 1. The summed E-state index contributed by atoms with van der Waals surface area (Å²) >= 11 is 0. The number of nitrogens with zero attached hydrogens (tertiary/aromatic N) is 1. The minimum absolute atomic E-state index is 0.0681. The van der Waals surface area contributed by atoms with Crippen LogP contribution in [0.3, 0.4) is 0 Å². The number of methoxy groups -OCH3 is 1. The van der Waals surface area contributed by atoms with Crippen LogP contribution in [0.4, 0.5) is 0 Å². The summed E-state index contributed by atoms with van der Waals surface area (Å²) in [6.07, 6.45) is 1.11. The van der Waals surface area contributed by atoms with Gasteiger partial charge in [0.2, 0.25) is 5.91 Å². The molecule has 0 fully saturated rings. The number of hydrogen-bond acceptors (Lipinski definition) is 3. The Labute approximate surface area is 108 Å². The van der Waals surface area contributed by atoms with Gasteiger partial charge in [0, 0.05) is 25.6 Å². The van der Waals surface area contributed by atoms with Crippen LogP contribution in [0, 0.1) is 0 Å². The number of rotatable bonds is 6. The molecule has 0 heterocycles. The zero-order valence-electron chi connectivity index (χ0n) is 11.3. The average molecular weight is 251 g/mol. The molecule has 0 aliphatic carbocycles. The number of benzene rings is 1. The fraction of sp³-hybridized carbons (Fsp3) is 0.500. The first kappa shape index (κ1) is 14.5.